The smallest absolute Gasteiger partial charge is 0.181 e. The standard InChI is InChI=1S/C14H11BrN2O3S/c15-14-5-4-12(10-17-14)20-6-7-21(18,19)13-3-1-2-11(8-13)9-16/h1-5,8,10H,6-7H2. The highest BCUT2D eigenvalue weighted by Gasteiger charge is 2.15. The zero-order valence-electron chi connectivity index (χ0n) is 10.9. The van der Waals surface area contributed by atoms with Gasteiger partial charge in [-0.05, 0) is 46.3 Å². The number of pyridine rings is 1. The third-order valence-corrected chi connectivity index (χ3v) is 4.79. The number of hydrogen-bond donors (Lipinski definition) is 0. The number of hydrogen-bond acceptors (Lipinski definition) is 5. The molecular weight excluding hydrogens is 356 g/mol. The molecule has 21 heavy (non-hydrogen) atoms. The highest BCUT2D eigenvalue weighted by Crippen LogP contribution is 2.15. The monoisotopic (exact) mass is 366 g/mol. The lowest BCUT2D eigenvalue weighted by atomic mass is 10.2. The Hall–Kier alpha value is -1.91. The van der Waals surface area contributed by atoms with Crippen LogP contribution in [0.2, 0.25) is 0 Å². The van der Waals surface area contributed by atoms with E-state index in [1.807, 2.05) is 6.07 Å². The molecule has 0 unspecified atom stereocenters. The summed E-state index contributed by atoms with van der Waals surface area (Å²) in [5.41, 5.74) is 0.314. The van der Waals surface area contributed by atoms with Crippen LogP contribution in [0, 0.1) is 11.3 Å². The number of aromatic nitrogens is 1. The lowest BCUT2D eigenvalue weighted by Crippen LogP contribution is -2.14. The van der Waals surface area contributed by atoms with Crippen molar-refractivity contribution in [3.8, 4) is 11.8 Å². The Morgan fingerprint density at radius 2 is 2.10 bits per heavy atom. The molecule has 0 radical (unpaired) electrons. The maximum absolute atomic E-state index is 12.1. The van der Waals surface area contributed by atoms with Gasteiger partial charge in [-0.25, -0.2) is 13.4 Å². The van der Waals surface area contributed by atoms with Crippen LogP contribution >= 0.6 is 15.9 Å². The van der Waals surface area contributed by atoms with E-state index in [1.54, 1.807) is 24.3 Å². The first-order valence-electron chi connectivity index (χ1n) is 5.98. The summed E-state index contributed by atoms with van der Waals surface area (Å²) in [4.78, 5) is 4.11. The number of nitriles is 1. The molecule has 0 amide bonds. The molecule has 1 aromatic carbocycles. The molecule has 5 nitrogen and oxygen atoms in total. The van der Waals surface area contributed by atoms with Gasteiger partial charge in [0.2, 0.25) is 0 Å². The van der Waals surface area contributed by atoms with E-state index in [2.05, 4.69) is 20.9 Å². The second-order valence-corrected chi connectivity index (χ2v) is 7.05. The van der Waals surface area contributed by atoms with Crippen LogP contribution in [0.4, 0.5) is 0 Å². The maximum Gasteiger partial charge on any atom is 0.181 e. The molecule has 2 rings (SSSR count). The molecule has 108 valence electrons. The molecule has 2 aromatic rings. The Kier molecular flexibility index (Phi) is 4.94. The summed E-state index contributed by atoms with van der Waals surface area (Å²) in [7, 11) is -3.48. The summed E-state index contributed by atoms with van der Waals surface area (Å²) < 4.78 is 30.3. The first-order valence-corrected chi connectivity index (χ1v) is 8.43. The molecule has 0 aliphatic carbocycles. The average molecular weight is 367 g/mol. The van der Waals surface area contributed by atoms with Gasteiger partial charge in [0.25, 0.3) is 0 Å². The summed E-state index contributed by atoms with van der Waals surface area (Å²) in [6.07, 6.45) is 1.51. The average Bonchev–Trinajstić information content (AvgIpc) is 2.49. The summed E-state index contributed by atoms with van der Waals surface area (Å²) in [6.45, 7) is 0.0163. The quantitative estimate of drug-likeness (QED) is 0.759. The molecule has 0 saturated carbocycles. The van der Waals surface area contributed by atoms with Gasteiger partial charge in [-0.15, -0.1) is 0 Å². The van der Waals surface area contributed by atoms with Crippen molar-refractivity contribution in [3.05, 3.63) is 52.8 Å². The van der Waals surface area contributed by atoms with Crippen molar-refractivity contribution < 1.29 is 13.2 Å². The van der Waals surface area contributed by atoms with Gasteiger partial charge in [0, 0.05) is 0 Å². The predicted molar refractivity (Wildman–Crippen MR) is 80.6 cm³/mol. The van der Waals surface area contributed by atoms with Gasteiger partial charge in [-0.2, -0.15) is 5.26 Å². The summed E-state index contributed by atoms with van der Waals surface area (Å²) in [5.74, 6) is 0.331. The van der Waals surface area contributed by atoms with Gasteiger partial charge in [0.05, 0.1) is 28.5 Å². The van der Waals surface area contributed by atoms with Crippen molar-refractivity contribution in [2.75, 3.05) is 12.4 Å². The van der Waals surface area contributed by atoms with Gasteiger partial charge in [-0.1, -0.05) is 6.07 Å². The summed E-state index contributed by atoms with van der Waals surface area (Å²) in [5, 5.41) is 8.79. The fraction of sp³-hybridized carbons (Fsp3) is 0.143. The Balaban J connectivity index is 2.01. The first-order chi connectivity index (χ1) is 10.0. The highest BCUT2D eigenvalue weighted by atomic mass is 79.9. The van der Waals surface area contributed by atoms with Crippen LogP contribution < -0.4 is 4.74 Å². The third kappa shape index (κ3) is 4.28. The fourth-order valence-electron chi connectivity index (χ4n) is 1.59. The van der Waals surface area contributed by atoms with Crippen molar-refractivity contribution >= 4 is 25.8 Å². The normalized spacial score (nSPS) is 10.9. The largest absolute Gasteiger partial charge is 0.491 e. The van der Waals surface area contributed by atoms with Gasteiger partial charge in [-0.3, -0.25) is 0 Å². The minimum absolute atomic E-state index is 0.0163. The highest BCUT2D eigenvalue weighted by molar-refractivity contribution is 9.10. The Bertz CT molecular complexity index is 768. The Morgan fingerprint density at radius 3 is 2.76 bits per heavy atom. The molecule has 0 spiro atoms. The van der Waals surface area contributed by atoms with Crippen LogP contribution in [0.15, 0.2) is 52.1 Å². The number of benzene rings is 1. The number of nitrogens with zero attached hydrogens (tertiary/aromatic N) is 2. The van der Waals surface area contributed by atoms with Crippen LogP contribution in [0.3, 0.4) is 0 Å². The number of rotatable bonds is 5. The maximum atomic E-state index is 12.1. The van der Waals surface area contributed by atoms with E-state index in [9.17, 15) is 8.42 Å². The molecule has 0 fully saturated rings. The first kappa shape index (κ1) is 15.5. The van der Waals surface area contributed by atoms with Gasteiger partial charge < -0.3 is 4.74 Å². The van der Waals surface area contributed by atoms with Gasteiger partial charge >= 0.3 is 0 Å². The van der Waals surface area contributed by atoms with Gasteiger partial charge in [0.15, 0.2) is 9.84 Å². The molecule has 0 atom stereocenters. The zero-order chi connectivity index (χ0) is 15.3. The van der Waals surface area contributed by atoms with Gasteiger partial charge in [0.1, 0.15) is 17.0 Å². The molecule has 0 bridgehead atoms. The van der Waals surface area contributed by atoms with Crippen molar-refractivity contribution in [1.82, 2.24) is 4.98 Å². The van der Waals surface area contributed by atoms with E-state index >= 15 is 0 Å². The lowest BCUT2D eigenvalue weighted by molar-refractivity contribution is 0.339. The number of sulfone groups is 1. The topological polar surface area (TPSA) is 80.0 Å². The van der Waals surface area contributed by atoms with Crippen LogP contribution in [0.1, 0.15) is 5.56 Å². The summed E-state index contributed by atoms with van der Waals surface area (Å²) in [6, 6.07) is 11.3. The minimum atomic E-state index is -3.48. The second-order valence-electron chi connectivity index (χ2n) is 4.12. The third-order valence-electron chi connectivity index (χ3n) is 2.64. The van der Waals surface area contributed by atoms with Crippen LogP contribution in [0.25, 0.3) is 0 Å². The molecule has 0 aliphatic heterocycles. The predicted octanol–water partition coefficient (Wildman–Crippen LogP) is 2.57. The van der Waals surface area contributed by atoms with Crippen molar-refractivity contribution in [1.29, 1.82) is 5.26 Å². The second kappa shape index (κ2) is 6.70. The molecule has 0 saturated heterocycles. The van der Waals surface area contributed by atoms with E-state index in [4.69, 9.17) is 10.00 Å². The molecule has 1 heterocycles. The van der Waals surface area contributed by atoms with E-state index in [0.29, 0.717) is 15.9 Å². The van der Waals surface area contributed by atoms with Crippen LogP contribution in [-0.4, -0.2) is 25.8 Å². The molecule has 0 N–H and O–H groups in total. The van der Waals surface area contributed by atoms with Crippen molar-refractivity contribution in [2.45, 2.75) is 4.90 Å². The Labute approximate surface area is 131 Å². The number of ether oxygens (including phenoxy) is 1. The summed E-state index contributed by atoms with van der Waals surface area (Å²) >= 11 is 3.20. The molecule has 1 aromatic heterocycles. The lowest BCUT2D eigenvalue weighted by Gasteiger charge is -2.07. The fourth-order valence-corrected chi connectivity index (χ4v) is 2.96. The number of halogens is 1. The van der Waals surface area contributed by atoms with Crippen molar-refractivity contribution in [2.24, 2.45) is 0 Å². The molecule has 0 aliphatic rings. The van der Waals surface area contributed by atoms with Crippen LogP contribution in [-0.2, 0) is 9.84 Å². The van der Waals surface area contributed by atoms with Crippen molar-refractivity contribution in [3.63, 3.8) is 0 Å². The van der Waals surface area contributed by atoms with E-state index < -0.39 is 9.84 Å². The zero-order valence-corrected chi connectivity index (χ0v) is 13.3. The van der Waals surface area contributed by atoms with E-state index in [-0.39, 0.29) is 17.3 Å². The SMILES string of the molecule is N#Cc1cccc(S(=O)(=O)CCOc2ccc(Br)nc2)c1. The van der Waals surface area contributed by atoms with Crippen LogP contribution in [0.5, 0.6) is 5.75 Å². The van der Waals surface area contributed by atoms with E-state index in [1.165, 1.54) is 18.3 Å². The molecular formula is C14H11BrN2O3S. The minimum Gasteiger partial charge on any atom is -0.491 e. The molecule has 7 heteroatoms. The van der Waals surface area contributed by atoms with E-state index in [0.717, 1.165) is 0 Å². The Morgan fingerprint density at radius 1 is 1.29 bits per heavy atom.